The second kappa shape index (κ2) is 85.9. The number of rotatable bonds is 8. The molecule has 10 saturated carbocycles. The summed E-state index contributed by atoms with van der Waals surface area (Å²) in [7, 11) is 0. The molecule has 0 aromatic rings. The van der Waals surface area contributed by atoms with Gasteiger partial charge in [0, 0.05) is 13.2 Å². The fraction of sp³-hybridized carbons (Fsp3) is 0.581. The molecule has 130 heavy (non-hydrogen) atoms. The molecule has 29 unspecified atom stereocenters. The van der Waals surface area contributed by atoms with Crippen molar-refractivity contribution in [3.8, 4) is 0 Å². The molecule has 0 N–H and O–H groups in total. The SMILES string of the molecule is C1=CC2CCC(COCC3CCC4C=CC=CC43)C2C=C1.CC1C(C)C(C)C(C)C1C.CC1CC(C)C(C)C1C.CC1CC(C)C2C=CC=CC12.CC1CCC2C=CC=CC12.CCC1CCC2C=CC=CC21.CCC1CCC2C=CC=CC21.CCC1CCC2C=CC=CC21.CCC1CCC2C=CC=CC21.[CH3-].[CH3-].[CH3-].[CH3-].[CH3-].[CH3-].[CH3-].[CH3-].[CH3-].[CH3-].[CH3-].[CH3-].[CH3-].[CH3-].[CH3-].[CH3-].[CH3-].[CH3-].[CH3-].[CH3-].[Zr+4].[Zr+4].[Zr+4].[Zr+4].[Zr+4]. The summed E-state index contributed by atoms with van der Waals surface area (Å²) in [5.41, 5.74) is 0. The van der Waals surface area contributed by atoms with Gasteiger partial charge in [0.1, 0.15) is 0 Å². The van der Waals surface area contributed by atoms with Crippen LogP contribution in [0.5, 0.6) is 0 Å². The molecule has 1 nitrogen and oxygen atoms in total. The van der Waals surface area contributed by atoms with Crippen LogP contribution >= 0.6 is 0 Å². The van der Waals surface area contributed by atoms with Crippen LogP contribution in [0.2, 0.25) is 0 Å². The van der Waals surface area contributed by atoms with Crippen molar-refractivity contribution < 1.29 is 136 Å². The molecular weight excluding hydrogens is 1960 g/mol. The molecular formula is C124H218OZr5. The fourth-order valence-corrected chi connectivity index (χ4v) is 24.4. The molecule has 18 aliphatic rings. The van der Waals surface area contributed by atoms with Crippen LogP contribution in [-0.4, -0.2) is 13.2 Å². The summed E-state index contributed by atoms with van der Waals surface area (Å²) in [6.45, 7) is 39.9. The van der Waals surface area contributed by atoms with Gasteiger partial charge in [-0.05, 0) is 304 Å². The van der Waals surface area contributed by atoms with E-state index in [4.69, 9.17) is 4.74 Å². The third kappa shape index (κ3) is 45.6. The summed E-state index contributed by atoms with van der Waals surface area (Å²) < 4.78 is 6.18. The molecule has 6 heteroatoms. The topological polar surface area (TPSA) is 9.23 Å². The van der Waals surface area contributed by atoms with E-state index in [1.807, 2.05) is 0 Å². The minimum atomic E-state index is 0. The molecule has 10 fully saturated rings. The van der Waals surface area contributed by atoms with Gasteiger partial charge in [-0.3, -0.25) is 0 Å². The van der Waals surface area contributed by atoms with E-state index < -0.39 is 0 Å². The zero-order valence-corrected chi connectivity index (χ0v) is 105. The largest absolute Gasteiger partial charge is 4.00 e. The van der Waals surface area contributed by atoms with Crippen LogP contribution in [0.4, 0.5) is 0 Å². The van der Waals surface area contributed by atoms with Gasteiger partial charge in [-0.1, -0.05) is 331 Å². The van der Waals surface area contributed by atoms with Gasteiger partial charge < -0.3 is 153 Å². The van der Waals surface area contributed by atoms with E-state index in [9.17, 15) is 0 Å². The molecule has 0 heterocycles. The Morgan fingerprint density at radius 3 is 0.523 bits per heavy atom. The number of fused-ring (bicyclic) bond motifs is 8. The maximum Gasteiger partial charge on any atom is 4.00 e. The molecule has 0 aromatic heterocycles. The van der Waals surface area contributed by atoms with Crippen LogP contribution in [0, 0.1) is 350 Å². The van der Waals surface area contributed by atoms with E-state index >= 15 is 0 Å². The summed E-state index contributed by atoms with van der Waals surface area (Å²) >= 11 is 0. The Hall–Kier alpha value is 0.216. The van der Waals surface area contributed by atoms with Crippen molar-refractivity contribution in [2.24, 2.45) is 201 Å². The number of hydrogen-bond acceptors (Lipinski definition) is 1. The number of hydrogen-bond donors (Lipinski definition) is 0. The van der Waals surface area contributed by atoms with Crippen LogP contribution in [0.3, 0.4) is 0 Å². The molecule has 18 aliphatic carbocycles. The van der Waals surface area contributed by atoms with Gasteiger partial charge in [-0.2, -0.15) is 0 Å². The van der Waals surface area contributed by atoms with Gasteiger partial charge in [-0.25, -0.2) is 0 Å². The van der Waals surface area contributed by atoms with Crippen molar-refractivity contribution in [2.45, 2.75) is 239 Å². The smallest absolute Gasteiger partial charge is 0.381 e. The molecule has 740 valence electrons. The van der Waals surface area contributed by atoms with Crippen molar-refractivity contribution in [3.63, 3.8) is 0 Å². The van der Waals surface area contributed by atoms with E-state index in [0.717, 1.165) is 214 Å². The Kier molecular flexibility index (Phi) is 110. The van der Waals surface area contributed by atoms with Gasteiger partial charge in [0.25, 0.3) is 0 Å². The maximum atomic E-state index is 6.18. The van der Waals surface area contributed by atoms with E-state index in [0.29, 0.717) is 0 Å². The van der Waals surface area contributed by atoms with Gasteiger partial charge in [0.15, 0.2) is 0 Å². The average Bonchev–Trinajstić information content (AvgIpc) is 1.67. The predicted octanol–water partition coefficient (Wildman–Crippen LogP) is 38.1. The Balaban J connectivity index is -0.0000000793. The summed E-state index contributed by atoms with van der Waals surface area (Å²) in [5, 5.41) is 0. The molecule has 0 aromatic carbocycles. The standard InChI is InChI=1S/C20H26O.5C11H16.C10H14.C10H20.C9H18.20CH3.5Zr/c1-3-7-19-15(5-1)9-11-17(19)13-21-14-18-12-10-16-6-2-4-8-20(16)18;1-8-7-9(2)11-6-4-3-5-10(8)11;4*1-2-9-7-8-10-5-3-4-6-11(9)10;1-8-6-7-9-4-2-3-5-10(8)9;1-6-7(2)9(4)10(5)8(6)3;1-6-5-7(2)9(4)8(6)3;;;;;;;;;;;;;;;;;;;;;;;;;/h1-8,15-20H,9-14H2;3-6,8-11H,7H2,1-2H3;4*3-6,9-11H,2,7-8H2,1H3;2-5,8-10H,6-7H2,1H3;6-10H,1-5H3;6-9H,5H2,1-4H3;20*1H3;;;;;/q;;;;;;;;;20*-1;5*+4. The summed E-state index contributed by atoms with van der Waals surface area (Å²) in [5.74, 6) is 30.1. The first kappa shape index (κ1) is 167. The van der Waals surface area contributed by atoms with Crippen molar-refractivity contribution in [3.05, 3.63) is 343 Å². The molecule has 18 rings (SSSR count). The van der Waals surface area contributed by atoms with Crippen molar-refractivity contribution in [1.29, 1.82) is 0 Å². The molecule has 0 aliphatic heterocycles. The van der Waals surface area contributed by atoms with Crippen LogP contribution in [0.15, 0.2) is 194 Å². The van der Waals surface area contributed by atoms with Crippen molar-refractivity contribution in [1.82, 2.24) is 0 Å². The van der Waals surface area contributed by atoms with E-state index in [2.05, 4.69) is 305 Å². The monoisotopic (exact) mass is 2170 g/mol. The maximum absolute atomic E-state index is 6.18. The minimum Gasteiger partial charge on any atom is -0.381 e. The molecule has 29 atom stereocenters. The minimum absolute atomic E-state index is 0. The predicted molar refractivity (Wildman–Crippen MR) is 587 cm³/mol. The number of ether oxygens (including phenoxy) is 1. The van der Waals surface area contributed by atoms with E-state index in [1.54, 1.807) is 0 Å². The first-order valence-corrected chi connectivity index (χ1v) is 45.3. The summed E-state index contributed by atoms with van der Waals surface area (Å²) in [6.07, 6.45) is 102. The molecule has 0 spiro atoms. The van der Waals surface area contributed by atoms with Crippen LogP contribution < -0.4 is 0 Å². The van der Waals surface area contributed by atoms with Crippen LogP contribution in [-0.2, 0) is 136 Å². The molecule has 0 bridgehead atoms. The molecule has 0 amide bonds. The Bertz CT molecular complexity index is 2810. The normalized spacial score (nSPS) is 36.2. The Morgan fingerprint density at radius 2 is 0.331 bits per heavy atom. The fourth-order valence-electron chi connectivity index (χ4n) is 24.4. The first-order chi connectivity index (χ1) is 50.9. The van der Waals surface area contributed by atoms with Gasteiger partial charge in [-0.15, -0.1) is 0 Å². The second-order valence-corrected chi connectivity index (χ2v) is 38.1. The van der Waals surface area contributed by atoms with Gasteiger partial charge in [0.2, 0.25) is 0 Å². The van der Waals surface area contributed by atoms with Crippen molar-refractivity contribution in [2.75, 3.05) is 13.2 Å². The summed E-state index contributed by atoms with van der Waals surface area (Å²) in [6, 6.07) is 0. The van der Waals surface area contributed by atoms with E-state index in [-0.39, 0.29) is 280 Å². The quantitative estimate of drug-likeness (QED) is 0.220. The number of allylic oxidation sites excluding steroid dienone is 32. The zero-order chi connectivity index (χ0) is 74.5. The Labute approximate surface area is 922 Å². The van der Waals surface area contributed by atoms with Crippen molar-refractivity contribution >= 4 is 0 Å². The van der Waals surface area contributed by atoms with Gasteiger partial charge >= 0.3 is 131 Å². The summed E-state index contributed by atoms with van der Waals surface area (Å²) in [4.78, 5) is 0. The molecule has 0 saturated heterocycles. The van der Waals surface area contributed by atoms with E-state index in [1.165, 1.54) is 128 Å². The third-order valence-corrected chi connectivity index (χ3v) is 32.7. The Morgan fingerprint density at radius 1 is 0.169 bits per heavy atom. The first-order valence-electron chi connectivity index (χ1n) is 45.3. The van der Waals surface area contributed by atoms with Crippen LogP contribution in [0.25, 0.3) is 0 Å². The average molecular weight is 2180 g/mol. The molecule has 0 radical (unpaired) electrons. The van der Waals surface area contributed by atoms with Crippen LogP contribution in [0.1, 0.15) is 239 Å². The second-order valence-electron chi connectivity index (χ2n) is 38.1. The third-order valence-electron chi connectivity index (χ3n) is 32.7. The zero-order valence-electron chi connectivity index (χ0n) is 92.6. The van der Waals surface area contributed by atoms with Gasteiger partial charge in [0.05, 0.1) is 0 Å².